The minimum Gasteiger partial charge on any atom is -0.493 e. The smallest absolute Gasteiger partial charge is 0.122 e. The van der Waals surface area contributed by atoms with Crippen LogP contribution in [-0.2, 0) is 0 Å². The van der Waals surface area contributed by atoms with Gasteiger partial charge in [-0.2, -0.15) is 0 Å². The molecule has 2 aliphatic heterocycles. The van der Waals surface area contributed by atoms with Gasteiger partial charge in [-0.05, 0) is 63.2 Å². The SMILES string of the molecule is CN1CCCC(O)(CC2CCOc3ccccc32)CC1. The van der Waals surface area contributed by atoms with Crippen LogP contribution < -0.4 is 4.74 Å². The first kappa shape index (κ1) is 13.9. The van der Waals surface area contributed by atoms with Crippen LogP contribution in [-0.4, -0.2) is 42.4 Å². The van der Waals surface area contributed by atoms with Crippen molar-refractivity contribution in [2.24, 2.45) is 0 Å². The minimum absolute atomic E-state index is 0.438. The molecule has 0 amide bonds. The molecule has 0 radical (unpaired) electrons. The number of aliphatic hydroxyl groups is 1. The Kier molecular flexibility index (Phi) is 3.99. The summed E-state index contributed by atoms with van der Waals surface area (Å²) in [6, 6.07) is 8.31. The maximum absolute atomic E-state index is 11.0. The zero-order valence-corrected chi connectivity index (χ0v) is 12.3. The van der Waals surface area contributed by atoms with Gasteiger partial charge in [0.25, 0.3) is 0 Å². The van der Waals surface area contributed by atoms with E-state index in [4.69, 9.17) is 4.74 Å². The number of para-hydroxylation sites is 1. The molecule has 2 atom stereocenters. The highest BCUT2D eigenvalue weighted by Gasteiger charge is 2.34. The molecule has 1 fully saturated rings. The number of hydrogen-bond donors (Lipinski definition) is 1. The van der Waals surface area contributed by atoms with Crippen molar-refractivity contribution in [1.82, 2.24) is 4.90 Å². The van der Waals surface area contributed by atoms with Crippen molar-refractivity contribution < 1.29 is 9.84 Å². The van der Waals surface area contributed by atoms with Crippen LogP contribution in [0.15, 0.2) is 24.3 Å². The van der Waals surface area contributed by atoms with Crippen LogP contribution in [0.3, 0.4) is 0 Å². The lowest BCUT2D eigenvalue weighted by atomic mass is 9.79. The Hall–Kier alpha value is -1.06. The van der Waals surface area contributed by atoms with Crippen LogP contribution >= 0.6 is 0 Å². The van der Waals surface area contributed by atoms with E-state index in [1.165, 1.54) is 5.56 Å². The highest BCUT2D eigenvalue weighted by Crippen LogP contribution is 2.40. The molecule has 1 aromatic rings. The summed E-state index contributed by atoms with van der Waals surface area (Å²) in [7, 11) is 2.15. The molecule has 3 heteroatoms. The Morgan fingerprint density at radius 1 is 1.30 bits per heavy atom. The Morgan fingerprint density at radius 3 is 3.05 bits per heavy atom. The van der Waals surface area contributed by atoms with Crippen molar-refractivity contribution in [1.29, 1.82) is 0 Å². The van der Waals surface area contributed by atoms with Crippen LogP contribution in [0, 0.1) is 0 Å². The van der Waals surface area contributed by atoms with Crippen LogP contribution in [0.4, 0.5) is 0 Å². The number of benzene rings is 1. The quantitative estimate of drug-likeness (QED) is 0.901. The first-order valence-electron chi connectivity index (χ1n) is 7.79. The van der Waals surface area contributed by atoms with Gasteiger partial charge in [0, 0.05) is 6.54 Å². The van der Waals surface area contributed by atoms with E-state index in [-0.39, 0.29) is 0 Å². The molecule has 0 aromatic heterocycles. The van der Waals surface area contributed by atoms with E-state index in [0.717, 1.165) is 57.6 Å². The fourth-order valence-electron chi connectivity index (χ4n) is 3.60. The van der Waals surface area contributed by atoms with E-state index >= 15 is 0 Å². The molecule has 2 unspecified atom stereocenters. The highest BCUT2D eigenvalue weighted by atomic mass is 16.5. The highest BCUT2D eigenvalue weighted by molar-refractivity contribution is 5.37. The molecule has 3 nitrogen and oxygen atoms in total. The topological polar surface area (TPSA) is 32.7 Å². The maximum Gasteiger partial charge on any atom is 0.122 e. The summed E-state index contributed by atoms with van der Waals surface area (Å²) in [4.78, 5) is 2.33. The summed E-state index contributed by atoms with van der Waals surface area (Å²) in [5, 5.41) is 11.0. The zero-order valence-electron chi connectivity index (χ0n) is 12.3. The zero-order chi connectivity index (χ0) is 14.0. The van der Waals surface area contributed by atoms with Crippen molar-refractivity contribution in [3.8, 4) is 5.75 Å². The van der Waals surface area contributed by atoms with Gasteiger partial charge in [0.15, 0.2) is 0 Å². The number of fused-ring (bicyclic) bond motifs is 1. The van der Waals surface area contributed by atoms with Crippen molar-refractivity contribution in [3.63, 3.8) is 0 Å². The molecule has 110 valence electrons. The number of ether oxygens (including phenoxy) is 1. The molecule has 20 heavy (non-hydrogen) atoms. The molecule has 0 bridgehead atoms. The minimum atomic E-state index is -0.500. The van der Waals surface area contributed by atoms with Gasteiger partial charge in [0.1, 0.15) is 5.75 Å². The summed E-state index contributed by atoms with van der Waals surface area (Å²) < 4.78 is 5.73. The summed E-state index contributed by atoms with van der Waals surface area (Å²) in [5.74, 6) is 1.45. The molecule has 0 saturated carbocycles. The Balaban J connectivity index is 1.74. The van der Waals surface area contributed by atoms with Gasteiger partial charge in [0.05, 0.1) is 12.2 Å². The first-order chi connectivity index (χ1) is 9.66. The van der Waals surface area contributed by atoms with Crippen molar-refractivity contribution in [2.75, 3.05) is 26.7 Å². The molecule has 0 aliphatic carbocycles. The Labute approximate surface area is 121 Å². The van der Waals surface area contributed by atoms with Gasteiger partial charge in [-0.1, -0.05) is 18.2 Å². The predicted molar refractivity (Wildman–Crippen MR) is 80.2 cm³/mol. The molecule has 2 heterocycles. The molecule has 0 spiro atoms. The standard InChI is InChI=1S/C17H25NO2/c1-18-10-4-8-17(19,9-11-18)13-14-7-12-20-16-6-3-2-5-15(14)16/h2-3,5-6,14,19H,4,7-13H2,1H3. The average Bonchev–Trinajstić information content (AvgIpc) is 2.61. The van der Waals surface area contributed by atoms with Crippen LogP contribution in [0.5, 0.6) is 5.75 Å². The molecular formula is C17H25NO2. The number of hydrogen-bond acceptors (Lipinski definition) is 3. The molecule has 3 rings (SSSR count). The largest absolute Gasteiger partial charge is 0.493 e. The predicted octanol–water partition coefficient (Wildman–Crippen LogP) is 2.79. The summed E-state index contributed by atoms with van der Waals surface area (Å²) in [6.07, 6.45) is 4.81. The van der Waals surface area contributed by atoms with Gasteiger partial charge < -0.3 is 14.7 Å². The molecule has 1 aromatic carbocycles. The van der Waals surface area contributed by atoms with E-state index in [1.54, 1.807) is 0 Å². The second-order valence-corrected chi connectivity index (χ2v) is 6.46. The third-order valence-electron chi connectivity index (χ3n) is 4.85. The van der Waals surface area contributed by atoms with Gasteiger partial charge >= 0.3 is 0 Å². The number of rotatable bonds is 2. The van der Waals surface area contributed by atoms with Crippen LogP contribution in [0.2, 0.25) is 0 Å². The molecule has 1 N–H and O–H groups in total. The van der Waals surface area contributed by atoms with Gasteiger partial charge in [-0.3, -0.25) is 0 Å². The van der Waals surface area contributed by atoms with Crippen molar-refractivity contribution in [3.05, 3.63) is 29.8 Å². The van der Waals surface area contributed by atoms with Crippen LogP contribution in [0.1, 0.15) is 43.6 Å². The maximum atomic E-state index is 11.0. The third-order valence-corrected chi connectivity index (χ3v) is 4.85. The first-order valence-corrected chi connectivity index (χ1v) is 7.79. The van der Waals surface area contributed by atoms with E-state index in [0.29, 0.717) is 5.92 Å². The van der Waals surface area contributed by atoms with Gasteiger partial charge in [-0.15, -0.1) is 0 Å². The normalized spacial score (nSPS) is 31.2. The Morgan fingerprint density at radius 2 is 2.15 bits per heavy atom. The summed E-state index contributed by atoms with van der Waals surface area (Å²) >= 11 is 0. The van der Waals surface area contributed by atoms with Gasteiger partial charge in [-0.25, -0.2) is 0 Å². The van der Waals surface area contributed by atoms with E-state index < -0.39 is 5.60 Å². The lowest BCUT2D eigenvalue weighted by Crippen LogP contribution is -2.33. The number of likely N-dealkylation sites (tertiary alicyclic amines) is 1. The fraction of sp³-hybridized carbons (Fsp3) is 0.647. The van der Waals surface area contributed by atoms with E-state index in [2.05, 4.69) is 24.1 Å². The lowest BCUT2D eigenvalue weighted by molar-refractivity contribution is 0.00726. The molecular weight excluding hydrogens is 250 g/mol. The third kappa shape index (κ3) is 2.99. The number of nitrogens with zero attached hydrogens (tertiary/aromatic N) is 1. The summed E-state index contributed by atoms with van der Waals surface area (Å²) in [5.41, 5.74) is 0.782. The Bertz CT molecular complexity index is 462. The summed E-state index contributed by atoms with van der Waals surface area (Å²) in [6.45, 7) is 2.88. The second-order valence-electron chi connectivity index (χ2n) is 6.46. The van der Waals surface area contributed by atoms with E-state index in [1.807, 2.05) is 12.1 Å². The monoisotopic (exact) mass is 275 g/mol. The van der Waals surface area contributed by atoms with E-state index in [9.17, 15) is 5.11 Å². The van der Waals surface area contributed by atoms with Crippen molar-refractivity contribution in [2.45, 2.75) is 43.6 Å². The second kappa shape index (κ2) is 5.74. The fourth-order valence-corrected chi connectivity index (χ4v) is 3.60. The molecule has 1 saturated heterocycles. The lowest BCUT2D eigenvalue weighted by Gasteiger charge is -2.34. The van der Waals surface area contributed by atoms with Crippen molar-refractivity contribution >= 4 is 0 Å². The van der Waals surface area contributed by atoms with Crippen LogP contribution in [0.25, 0.3) is 0 Å². The van der Waals surface area contributed by atoms with Gasteiger partial charge in [0.2, 0.25) is 0 Å². The molecule has 2 aliphatic rings. The average molecular weight is 275 g/mol.